The number of carbonyl (C=O) groups is 3. The van der Waals surface area contributed by atoms with Gasteiger partial charge in [-0.2, -0.15) is 0 Å². The number of fused-ring (bicyclic) bond motifs is 3. The number of nitrogens with one attached hydrogen (secondary N) is 2. The van der Waals surface area contributed by atoms with Crippen molar-refractivity contribution in [3.63, 3.8) is 0 Å². The molecule has 0 aliphatic heterocycles. The van der Waals surface area contributed by atoms with E-state index in [1.807, 2.05) is 48.5 Å². The lowest BCUT2D eigenvalue weighted by atomic mass is 9.98. The third kappa shape index (κ3) is 6.30. The van der Waals surface area contributed by atoms with Gasteiger partial charge in [0.05, 0.1) is 12.7 Å². The highest BCUT2D eigenvalue weighted by atomic mass is 16.5. The van der Waals surface area contributed by atoms with E-state index in [2.05, 4.69) is 10.6 Å². The summed E-state index contributed by atoms with van der Waals surface area (Å²) in [5.41, 5.74) is 4.29. The van der Waals surface area contributed by atoms with E-state index in [9.17, 15) is 19.5 Å². The maximum Gasteiger partial charge on any atom is 0.407 e. The van der Waals surface area contributed by atoms with Crippen molar-refractivity contribution < 1.29 is 34.1 Å². The highest BCUT2D eigenvalue weighted by Gasteiger charge is 2.30. The zero-order valence-corrected chi connectivity index (χ0v) is 18.3. The summed E-state index contributed by atoms with van der Waals surface area (Å²) >= 11 is 0. The number of amides is 2. The molecule has 2 unspecified atom stereocenters. The summed E-state index contributed by atoms with van der Waals surface area (Å²) in [6.07, 6.45) is -2.18. The fourth-order valence-electron chi connectivity index (χ4n) is 3.91. The molecule has 176 valence electrons. The van der Waals surface area contributed by atoms with Gasteiger partial charge in [0.2, 0.25) is 5.91 Å². The highest BCUT2D eigenvalue weighted by Crippen LogP contribution is 2.44. The van der Waals surface area contributed by atoms with E-state index in [1.54, 1.807) is 0 Å². The molecule has 0 radical (unpaired) electrons. The molecule has 0 bridgehead atoms. The van der Waals surface area contributed by atoms with E-state index in [-0.39, 0.29) is 38.5 Å². The third-order valence-electron chi connectivity index (χ3n) is 5.47. The van der Waals surface area contributed by atoms with Crippen LogP contribution in [0, 0.1) is 0 Å². The molecule has 2 atom stereocenters. The first kappa shape index (κ1) is 24.2. The maximum absolute atomic E-state index is 12.5. The van der Waals surface area contributed by atoms with Gasteiger partial charge in [-0.05, 0) is 28.7 Å². The standard InChI is InChI=1S/C24H28N2O7/c1-32-13-15(27)12-25-23(30)21(10-11-22(28)29)26-24(31)33-14-20-18-8-4-2-6-16(18)17-7-3-5-9-19(17)20/h2-9,15,20-21,27H,10-14H2,1H3,(H,25,30)(H,26,31)(H,28,29). The molecular weight excluding hydrogens is 428 g/mol. The van der Waals surface area contributed by atoms with Gasteiger partial charge in [0.15, 0.2) is 0 Å². The van der Waals surface area contributed by atoms with Crippen molar-refractivity contribution in [2.45, 2.75) is 30.9 Å². The van der Waals surface area contributed by atoms with E-state index in [0.29, 0.717) is 0 Å². The molecule has 33 heavy (non-hydrogen) atoms. The number of carboxylic acids is 1. The van der Waals surface area contributed by atoms with Gasteiger partial charge < -0.3 is 30.3 Å². The first-order valence-electron chi connectivity index (χ1n) is 10.7. The lowest BCUT2D eigenvalue weighted by Crippen LogP contribution is -2.49. The van der Waals surface area contributed by atoms with Crippen LogP contribution >= 0.6 is 0 Å². The smallest absolute Gasteiger partial charge is 0.407 e. The second-order valence-corrected chi connectivity index (χ2v) is 7.81. The molecule has 0 saturated heterocycles. The lowest BCUT2D eigenvalue weighted by Gasteiger charge is -2.20. The Bertz CT molecular complexity index is 949. The second-order valence-electron chi connectivity index (χ2n) is 7.81. The number of hydrogen-bond donors (Lipinski definition) is 4. The van der Waals surface area contributed by atoms with Gasteiger partial charge in [-0.25, -0.2) is 4.79 Å². The van der Waals surface area contributed by atoms with Gasteiger partial charge in [0.25, 0.3) is 0 Å². The number of alkyl carbamates (subject to hydrolysis) is 1. The van der Waals surface area contributed by atoms with E-state index >= 15 is 0 Å². The SMILES string of the molecule is COCC(O)CNC(=O)C(CCC(=O)O)NC(=O)OCC1c2ccccc2-c2ccccc21. The van der Waals surface area contributed by atoms with Gasteiger partial charge >= 0.3 is 12.1 Å². The highest BCUT2D eigenvalue weighted by molar-refractivity contribution is 5.86. The quantitative estimate of drug-likeness (QED) is 0.406. The van der Waals surface area contributed by atoms with Gasteiger partial charge in [-0.1, -0.05) is 48.5 Å². The van der Waals surface area contributed by atoms with Crippen LogP contribution in [0.25, 0.3) is 11.1 Å². The van der Waals surface area contributed by atoms with Crippen LogP contribution in [0.3, 0.4) is 0 Å². The second kappa shape index (κ2) is 11.4. The number of carbonyl (C=O) groups excluding carboxylic acids is 2. The van der Waals surface area contributed by atoms with Crippen LogP contribution in [-0.2, 0) is 19.1 Å². The Hall–Kier alpha value is -3.43. The normalized spacial score (nSPS) is 14.0. The number of ether oxygens (including phenoxy) is 2. The first-order valence-corrected chi connectivity index (χ1v) is 10.7. The van der Waals surface area contributed by atoms with Crippen LogP contribution in [0.1, 0.15) is 29.9 Å². The first-order chi connectivity index (χ1) is 15.9. The molecule has 0 saturated carbocycles. The summed E-state index contributed by atoms with van der Waals surface area (Å²) in [6, 6.07) is 14.7. The van der Waals surface area contributed by atoms with Crippen molar-refractivity contribution >= 4 is 18.0 Å². The van der Waals surface area contributed by atoms with Crippen molar-refractivity contribution in [3.05, 3.63) is 59.7 Å². The molecule has 0 heterocycles. The number of aliphatic carboxylic acids is 1. The Labute approximate surface area is 191 Å². The number of methoxy groups -OCH3 is 1. The zero-order valence-electron chi connectivity index (χ0n) is 18.3. The molecule has 4 N–H and O–H groups in total. The fourth-order valence-corrected chi connectivity index (χ4v) is 3.91. The molecule has 9 nitrogen and oxygen atoms in total. The predicted octanol–water partition coefficient (Wildman–Crippen LogP) is 1.88. The van der Waals surface area contributed by atoms with Gasteiger partial charge in [-0.15, -0.1) is 0 Å². The Kier molecular flexibility index (Phi) is 8.39. The zero-order chi connectivity index (χ0) is 23.8. The van der Waals surface area contributed by atoms with Crippen LogP contribution in [0.5, 0.6) is 0 Å². The largest absolute Gasteiger partial charge is 0.481 e. The third-order valence-corrected chi connectivity index (χ3v) is 5.47. The van der Waals surface area contributed by atoms with Crippen molar-refractivity contribution in [1.82, 2.24) is 10.6 Å². The van der Waals surface area contributed by atoms with Gasteiger partial charge in [0.1, 0.15) is 12.6 Å². The molecule has 0 spiro atoms. The molecule has 3 rings (SSSR count). The van der Waals surface area contributed by atoms with E-state index < -0.39 is 30.1 Å². The minimum Gasteiger partial charge on any atom is -0.481 e. The number of rotatable bonds is 11. The summed E-state index contributed by atoms with van der Waals surface area (Å²) < 4.78 is 10.2. The van der Waals surface area contributed by atoms with E-state index in [0.717, 1.165) is 22.3 Å². The Morgan fingerprint density at radius 2 is 1.64 bits per heavy atom. The van der Waals surface area contributed by atoms with Crippen LogP contribution in [-0.4, -0.2) is 67.2 Å². The molecule has 2 aromatic carbocycles. The van der Waals surface area contributed by atoms with Gasteiger partial charge in [0, 0.05) is 26.0 Å². The molecule has 1 aliphatic carbocycles. The summed E-state index contributed by atoms with van der Waals surface area (Å²) in [5.74, 6) is -1.85. The predicted molar refractivity (Wildman–Crippen MR) is 120 cm³/mol. The number of aliphatic hydroxyl groups excluding tert-OH is 1. The molecule has 0 fully saturated rings. The van der Waals surface area contributed by atoms with Crippen molar-refractivity contribution in [2.75, 3.05) is 26.9 Å². The van der Waals surface area contributed by atoms with Crippen LogP contribution in [0.4, 0.5) is 4.79 Å². The minimum absolute atomic E-state index is 0.0277. The van der Waals surface area contributed by atoms with E-state index in [1.165, 1.54) is 7.11 Å². The van der Waals surface area contributed by atoms with Crippen LogP contribution < -0.4 is 10.6 Å². The monoisotopic (exact) mass is 456 g/mol. The Morgan fingerprint density at radius 1 is 1.03 bits per heavy atom. The molecule has 1 aliphatic rings. The number of aliphatic hydroxyl groups is 1. The van der Waals surface area contributed by atoms with Crippen LogP contribution in [0.2, 0.25) is 0 Å². The molecule has 2 aromatic rings. The Morgan fingerprint density at radius 3 is 2.21 bits per heavy atom. The van der Waals surface area contributed by atoms with Crippen molar-refractivity contribution in [3.8, 4) is 11.1 Å². The molecular formula is C24H28N2O7. The number of benzene rings is 2. The lowest BCUT2D eigenvalue weighted by molar-refractivity contribution is -0.137. The average molecular weight is 456 g/mol. The minimum atomic E-state index is -1.12. The van der Waals surface area contributed by atoms with Crippen LogP contribution in [0.15, 0.2) is 48.5 Å². The average Bonchev–Trinajstić information content (AvgIpc) is 3.12. The van der Waals surface area contributed by atoms with E-state index in [4.69, 9.17) is 14.6 Å². The molecule has 0 aromatic heterocycles. The topological polar surface area (TPSA) is 134 Å². The van der Waals surface area contributed by atoms with Crippen molar-refractivity contribution in [2.24, 2.45) is 0 Å². The summed E-state index contributed by atoms with van der Waals surface area (Å²) in [4.78, 5) is 35.9. The summed E-state index contributed by atoms with van der Waals surface area (Å²) in [5, 5.41) is 23.6. The summed E-state index contributed by atoms with van der Waals surface area (Å²) in [7, 11) is 1.42. The number of carboxylic acid groups (broad SMARTS) is 1. The molecule has 9 heteroatoms. The maximum atomic E-state index is 12.5. The fraction of sp³-hybridized carbons (Fsp3) is 0.375. The Balaban J connectivity index is 1.62. The summed E-state index contributed by atoms with van der Waals surface area (Å²) in [6.45, 7) is 0.00216. The number of hydrogen-bond acceptors (Lipinski definition) is 6. The molecule has 2 amide bonds. The van der Waals surface area contributed by atoms with Crippen molar-refractivity contribution in [1.29, 1.82) is 0 Å². The van der Waals surface area contributed by atoms with Gasteiger partial charge in [-0.3, -0.25) is 9.59 Å².